The van der Waals surface area contributed by atoms with Gasteiger partial charge in [-0.2, -0.15) is 0 Å². The van der Waals surface area contributed by atoms with Crippen LogP contribution in [0.15, 0.2) is 59.7 Å². The molecule has 0 bridgehead atoms. The van der Waals surface area contributed by atoms with Crippen molar-refractivity contribution in [1.82, 2.24) is 25.2 Å². The fourth-order valence-corrected chi connectivity index (χ4v) is 2.89. The summed E-state index contributed by atoms with van der Waals surface area (Å²) in [5.74, 6) is 1.63. The molecule has 0 radical (unpaired) electrons. The standard InChI is InChI=1S/C20H26N6O.HI/c1-2-21-20(23-14-17(15-27)16-8-4-3-5-9-16)22-12-11-19-25-24-18-10-6-7-13-26(18)19;/h3-10,13,17,27H,2,11-12,14-15H2,1H3,(H2,21,22,23);1H. The molecule has 3 rings (SSSR count). The molecule has 1 aromatic carbocycles. The van der Waals surface area contributed by atoms with Gasteiger partial charge in [0.2, 0.25) is 0 Å². The van der Waals surface area contributed by atoms with Gasteiger partial charge in [-0.05, 0) is 24.6 Å². The topological polar surface area (TPSA) is 86.8 Å². The Labute approximate surface area is 182 Å². The maximum absolute atomic E-state index is 9.70. The van der Waals surface area contributed by atoms with Gasteiger partial charge < -0.3 is 15.7 Å². The van der Waals surface area contributed by atoms with E-state index in [9.17, 15) is 5.11 Å². The normalized spacial score (nSPS) is 12.4. The molecule has 1 atom stereocenters. The Morgan fingerprint density at radius 2 is 1.89 bits per heavy atom. The van der Waals surface area contributed by atoms with E-state index in [-0.39, 0.29) is 36.5 Å². The van der Waals surface area contributed by atoms with Crippen molar-refractivity contribution in [2.75, 3.05) is 26.2 Å². The fourth-order valence-electron chi connectivity index (χ4n) is 2.89. The third kappa shape index (κ3) is 5.90. The largest absolute Gasteiger partial charge is 0.396 e. The van der Waals surface area contributed by atoms with E-state index in [1.54, 1.807) is 0 Å². The molecule has 0 spiro atoms. The van der Waals surface area contributed by atoms with Crippen molar-refractivity contribution in [3.63, 3.8) is 0 Å². The Hall–Kier alpha value is -2.20. The Balaban J connectivity index is 0.00000280. The van der Waals surface area contributed by atoms with E-state index in [0.29, 0.717) is 13.1 Å². The highest BCUT2D eigenvalue weighted by atomic mass is 127. The molecular formula is C20H27IN6O. The average Bonchev–Trinajstić information content (AvgIpc) is 3.12. The van der Waals surface area contributed by atoms with Crippen molar-refractivity contribution in [1.29, 1.82) is 0 Å². The molecule has 0 amide bonds. The number of pyridine rings is 1. The van der Waals surface area contributed by atoms with E-state index < -0.39 is 0 Å². The van der Waals surface area contributed by atoms with Crippen molar-refractivity contribution >= 4 is 35.6 Å². The van der Waals surface area contributed by atoms with Gasteiger partial charge >= 0.3 is 0 Å². The molecule has 0 saturated carbocycles. The number of aliphatic hydroxyl groups is 1. The maximum atomic E-state index is 9.70. The first-order valence-corrected chi connectivity index (χ1v) is 9.28. The zero-order valence-electron chi connectivity index (χ0n) is 16.0. The van der Waals surface area contributed by atoms with Gasteiger partial charge in [-0.15, -0.1) is 34.2 Å². The fraction of sp³-hybridized carbons (Fsp3) is 0.350. The van der Waals surface area contributed by atoms with Crippen LogP contribution in [0.4, 0.5) is 0 Å². The summed E-state index contributed by atoms with van der Waals surface area (Å²) in [6.07, 6.45) is 2.70. The second kappa shape index (κ2) is 11.6. The Morgan fingerprint density at radius 3 is 2.64 bits per heavy atom. The number of guanidine groups is 1. The number of benzene rings is 1. The van der Waals surface area contributed by atoms with Crippen LogP contribution in [0.5, 0.6) is 0 Å². The molecule has 150 valence electrons. The van der Waals surface area contributed by atoms with Crippen LogP contribution in [0.2, 0.25) is 0 Å². The molecule has 0 aliphatic rings. The van der Waals surface area contributed by atoms with Crippen molar-refractivity contribution in [2.45, 2.75) is 19.3 Å². The summed E-state index contributed by atoms with van der Waals surface area (Å²) in [5, 5.41) is 24.7. The number of aromatic nitrogens is 3. The number of hydrogen-bond donors (Lipinski definition) is 3. The van der Waals surface area contributed by atoms with E-state index in [4.69, 9.17) is 0 Å². The molecule has 0 aliphatic heterocycles. The van der Waals surface area contributed by atoms with Gasteiger partial charge in [0.25, 0.3) is 0 Å². The molecule has 2 heterocycles. The van der Waals surface area contributed by atoms with E-state index in [1.807, 2.05) is 66.1 Å². The number of hydrogen-bond acceptors (Lipinski definition) is 4. The van der Waals surface area contributed by atoms with Crippen LogP contribution in [0, 0.1) is 0 Å². The second-order valence-corrected chi connectivity index (χ2v) is 6.23. The molecule has 3 N–H and O–H groups in total. The predicted octanol–water partition coefficient (Wildman–Crippen LogP) is 2.22. The lowest BCUT2D eigenvalue weighted by atomic mass is 10.0. The van der Waals surface area contributed by atoms with Crippen LogP contribution >= 0.6 is 24.0 Å². The van der Waals surface area contributed by atoms with E-state index in [2.05, 4.69) is 25.8 Å². The van der Waals surface area contributed by atoms with Crippen molar-refractivity contribution in [3.8, 4) is 0 Å². The van der Waals surface area contributed by atoms with Gasteiger partial charge in [-0.3, -0.25) is 9.39 Å². The number of rotatable bonds is 8. The molecule has 2 aromatic heterocycles. The number of aliphatic imine (C=N–C) groups is 1. The summed E-state index contributed by atoms with van der Waals surface area (Å²) >= 11 is 0. The molecule has 0 fully saturated rings. The zero-order valence-corrected chi connectivity index (χ0v) is 18.3. The van der Waals surface area contributed by atoms with Crippen LogP contribution < -0.4 is 10.6 Å². The quantitative estimate of drug-likeness (QED) is 0.254. The van der Waals surface area contributed by atoms with Crippen LogP contribution in [0.25, 0.3) is 5.65 Å². The molecule has 1 unspecified atom stereocenters. The zero-order chi connectivity index (χ0) is 18.9. The van der Waals surface area contributed by atoms with E-state index in [1.165, 1.54) is 0 Å². The van der Waals surface area contributed by atoms with Gasteiger partial charge in [-0.1, -0.05) is 36.4 Å². The number of aliphatic hydroxyl groups excluding tert-OH is 1. The third-order valence-electron chi connectivity index (χ3n) is 4.33. The SMILES string of the molecule is CCNC(=NCC(CO)c1ccccc1)NCCc1nnc2ccccn12.I. The number of nitrogens with one attached hydrogen (secondary N) is 2. The van der Waals surface area contributed by atoms with Crippen molar-refractivity contribution in [2.24, 2.45) is 4.99 Å². The van der Waals surface area contributed by atoms with Gasteiger partial charge in [0.05, 0.1) is 13.2 Å². The van der Waals surface area contributed by atoms with Crippen LogP contribution in [0.3, 0.4) is 0 Å². The second-order valence-electron chi connectivity index (χ2n) is 6.23. The van der Waals surface area contributed by atoms with Crippen molar-refractivity contribution < 1.29 is 5.11 Å². The molecule has 3 aromatic rings. The molecule has 7 nitrogen and oxygen atoms in total. The Morgan fingerprint density at radius 1 is 1.11 bits per heavy atom. The van der Waals surface area contributed by atoms with Gasteiger partial charge in [-0.25, -0.2) is 0 Å². The van der Waals surface area contributed by atoms with Crippen LogP contribution in [-0.4, -0.2) is 51.9 Å². The highest BCUT2D eigenvalue weighted by Crippen LogP contribution is 2.14. The lowest BCUT2D eigenvalue weighted by molar-refractivity contribution is 0.268. The summed E-state index contributed by atoms with van der Waals surface area (Å²) in [7, 11) is 0. The van der Waals surface area contributed by atoms with Crippen LogP contribution in [0.1, 0.15) is 24.2 Å². The molecular weight excluding hydrogens is 467 g/mol. The number of nitrogens with zero attached hydrogens (tertiary/aromatic N) is 4. The first-order chi connectivity index (χ1) is 13.3. The minimum Gasteiger partial charge on any atom is -0.396 e. The Kier molecular flexibility index (Phi) is 9.15. The molecule has 0 saturated heterocycles. The minimum atomic E-state index is -0.0119. The lowest BCUT2D eigenvalue weighted by Gasteiger charge is -2.15. The summed E-state index contributed by atoms with van der Waals surface area (Å²) in [6.45, 7) is 4.08. The first kappa shape index (κ1) is 22.1. The summed E-state index contributed by atoms with van der Waals surface area (Å²) in [4.78, 5) is 4.63. The predicted molar refractivity (Wildman–Crippen MR) is 122 cm³/mol. The van der Waals surface area contributed by atoms with E-state index in [0.717, 1.165) is 36.0 Å². The number of halogens is 1. The highest BCUT2D eigenvalue weighted by molar-refractivity contribution is 14.0. The number of fused-ring (bicyclic) bond motifs is 1. The summed E-state index contributed by atoms with van der Waals surface area (Å²) in [6, 6.07) is 15.8. The van der Waals surface area contributed by atoms with Crippen LogP contribution in [-0.2, 0) is 6.42 Å². The average molecular weight is 494 g/mol. The lowest BCUT2D eigenvalue weighted by Crippen LogP contribution is -2.38. The van der Waals surface area contributed by atoms with E-state index >= 15 is 0 Å². The first-order valence-electron chi connectivity index (χ1n) is 9.28. The maximum Gasteiger partial charge on any atom is 0.191 e. The van der Waals surface area contributed by atoms with Gasteiger partial charge in [0.15, 0.2) is 11.6 Å². The summed E-state index contributed by atoms with van der Waals surface area (Å²) < 4.78 is 1.99. The monoisotopic (exact) mass is 494 g/mol. The van der Waals surface area contributed by atoms with Gasteiger partial charge in [0.1, 0.15) is 5.82 Å². The molecule has 8 heteroatoms. The molecule has 28 heavy (non-hydrogen) atoms. The third-order valence-corrected chi connectivity index (χ3v) is 4.33. The highest BCUT2D eigenvalue weighted by Gasteiger charge is 2.10. The Bertz CT molecular complexity index is 867. The van der Waals surface area contributed by atoms with Crippen molar-refractivity contribution in [3.05, 3.63) is 66.1 Å². The smallest absolute Gasteiger partial charge is 0.191 e. The molecule has 0 aliphatic carbocycles. The van der Waals surface area contributed by atoms with Gasteiger partial charge in [0, 0.05) is 31.6 Å². The minimum absolute atomic E-state index is 0. The summed E-state index contributed by atoms with van der Waals surface area (Å²) in [5.41, 5.74) is 1.94.